The highest BCUT2D eigenvalue weighted by Gasteiger charge is 2.29. The Bertz CT molecular complexity index is 298. The van der Waals surface area contributed by atoms with Gasteiger partial charge in [0.15, 0.2) is 0 Å². The van der Waals surface area contributed by atoms with Crippen molar-refractivity contribution in [1.29, 1.82) is 0 Å². The molecule has 0 aromatic carbocycles. The zero-order valence-electron chi connectivity index (χ0n) is 12.3. The molecule has 1 saturated heterocycles. The molecule has 0 radical (unpaired) electrons. The lowest BCUT2D eigenvalue weighted by atomic mass is 9.82. The van der Waals surface area contributed by atoms with Crippen LogP contribution in [0.15, 0.2) is 0 Å². The van der Waals surface area contributed by atoms with Crippen molar-refractivity contribution in [3.8, 4) is 0 Å². The fraction of sp³-hybridized carbons (Fsp3) is 0.933. The monoisotopic (exact) mass is 288 g/mol. The van der Waals surface area contributed by atoms with Gasteiger partial charge in [0.1, 0.15) is 0 Å². The number of rotatable bonds is 2. The summed E-state index contributed by atoms with van der Waals surface area (Å²) >= 11 is 0. The third-order valence-corrected chi connectivity index (χ3v) is 5.09. The molecule has 1 amide bonds. The second-order valence-corrected chi connectivity index (χ2v) is 6.50. The smallest absolute Gasteiger partial charge is 0.222 e. The highest BCUT2D eigenvalue weighted by Crippen LogP contribution is 2.28. The topological polar surface area (TPSA) is 46.3 Å². The first-order valence-electron chi connectivity index (χ1n) is 7.61. The van der Waals surface area contributed by atoms with Crippen molar-refractivity contribution in [3.63, 3.8) is 0 Å². The molecule has 2 fully saturated rings. The van der Waals surface area contributed by atoms with E-state index in [1.807, 2.05) is 0 Å². The summed E-state index contributed by atoms with van der Waals surface area (Å²) in [4.78, 5) is 14.4. The molecule has 19 heavy (non-hydrogen) atoms. The molecule has 112 valence electrons. The maximum absolute atomic E-state index is 12.3. The minimum Gasteiger partial charge on any atom is -0.342 e. The molecule has 4 heteroatoms. The Morgan fingerprint density at radius 3 is 2.47 bits per heavy atom. The van der Waals surface area contributed by atoms with E-state index < -0.39 is 0 Å². The normalized spacial score (nSPS) is 35.6. The fourth-order valence-corrected chi connectivity index (χ4v) is 3.33. The molecule has 0 bridgehead atoms. The van der Waals surface area contributed by atoms with Crippen LogP contribution in [-0.2, 0) is 4.79 Å². The number of likely N-dealkylation sites (tertiary alicyclic amines) is 1. The average Bonchev–Trinajstić information content (AvgIpc) is 2.35. The van der Waals surface area contributed by atoms with Gasteiger partial charge in [-0.15, -0.1) is 12.4 Å². The SMILES string of the molecule is CC1CCN(C(=O)CC2CCCCC2N)CC1C.Cl. The maximum Gasteiger partial charge on any atom is 0.222 e. The zero-order chi connectivity index (χ0) is 13.1. The first-order valence-corrected chi connectivity index (χ1v) is 7.61. The van der Waals surface area contributed by atoms with Crippen LogP contribution in [0.5, 0.6) is 0 Å². The summed E-state index contributed by atoms with van der Waals surface area (Å²) in [6, 6.07) is 0.254. The molecular weight excluding hydrogens is 260 g/mol. The van der Waals surface area contributed by atoms with Crippen LogP contribution in [0.25, 0.3) is 0 Å². The van der Waals surface area contributed by atoms with Crippen molar-refractivity contribution >= 4 is 18.3 Å². The summed E-state index contributed by atoms with van der Waals surface area (Å²) in [7, 11) is 0. The third-order valence-electron chi connectivity index (χ3n) is 5.09. The predicted octanol–water partition coefficient (Wildman–Crippen LogP) is 2.82. The Balaban J connectivity index is 0.00000180. The van der Waals surface area contributed by atoms with Gasteiger partial charge in [0.2, 0.25) is 5.91 Å². The lowest BCUT2D eigenvalue weighted by molar-refractivity contribution is -0.135. The molecule has 1 aliphatic carbocycles. The lowest BCUT2D eigenvalue weighted by Gasteiger charge is -2.37. The second-order valence-electron chi connectivity index (χ2n) is 6.50. The number of halogens is 1. The molecule has 1 saturated carbocycles. The Kier molecular flexibility index (Phi) is 6.61. The van der Waals surface area contributed by atoms with Crippen LogP contribution >= 0.6 is 12.4 Å². The number of carbonyl (C=O) groups excluding carboxylic acids is 1. The number of hydrogen-bond donors (Lipinski definition) is 1. The van der Waals surface area contributed by atoms with Crippen LogP contribution in [-0.4, -0.2) is 29.9 Å². The predicted molar refractivity (Wildman–Crippen MR) is 81.3 cm³/mol. The van der Waals surface area contributed by atoms with Crippen molar-refractivity contribution in [3.05, 3.63) is 0 Å². The van der Waals surface area contributed by atoms with E-state index in [9.17, 15) is 4.79 Å². The minimum absolute atomic E-state index is 0. The van der Waals surface area contributed by atoms with Crippen LogP contribution < -0.4 is 5.73 Å². The van der Waals surface area contributed by atoms with Gasteiger partial charge in [-0.05, 0) is 37.0 Å². The summed E-state index contributed by atoms with van der Waals surface area (Å²) in [6.07, 6.45) is 6.58. The molecule has 2 rings (SSSR count). The van der Waals surface area contributed by atoms with Crippen LogP contribution in [0.3, 0.4) is 0 Å². The minimum atomic E-state index is 0. The number of hydrogen-bond acceptors (Lipinski definition) is 2. The molecule has 1 aliphatic heterocycles. The Hall–Kier alpha value is -0.280. The van der Waals surface area contributed by atoms with E-state index in [0.29, 0.717) is 24.2 Å². The number of nitrogens with zero attached hydrogens (tertiary/aromatic N) is 1. The number of piperidine rings is 1. The fourth-order valence-electron chi connectivity index (χ4n) is 3.33. The zero-order valence-corrected chi connectivity index (χ0v) is 13.1. The van der Waals surface area contributed by atoms with Crippen LogP contribution in [0.2, 0.25) is 0 Å². The van der Waals surface area contributed by atoms with E-state index in [2.05, 4.69) is 18.7 Å². The first-order chi connectivity index (χ1) is 8.58. The van der Waals surface area contributed by atoms with Gasteiger partial charge in [-0.3, -0.25) is 4.79 Å². The molecule has 4 unspecified atom stereocenters. The second kappa shape index (κ2) is 7.49. The Labute approximate surface area is 123 Å². The Morgan fingerprint density at radius 1 is 1.16 bits per heavy atom. The molecule has 2 aliphatic rings. The molecule has 4 atom stereocenters. The van der Waals surface area contributed by atoms with Crippen LogP contribution in [0.4, 0.5) is 0 Å². The summed E-state index contributed by atoms with van der Waals surface area (Å²) in [5.41, 5.74) is 6.14. The van der Waals surface area contributed by atoms with Gasteiger partial charge in [-0.2, -0.15) is 0 Å². The maximum atomic E-state index is 12.3. The number of amides is 1. The highest BCUT2D eigenvalue weighted by atomic mass is 35.5. The molecule has 0 aromatic rings. The summed E-state index contributed by atoms with van der Waals surface area (Å²) < 4.78 is 0. The van der Waals surface area contributed by atoms with Crippen molar-refractivity contribution in [1.82, 2.24) is 4.90 Å². The number of nitrogens with two attached hydrogens (primary N) is 1. The first kappa shape index (κ1) is 16.8. The average molecular weight is 289 g/mol. The van der Waals surface area contributed by atoms with E-state index in [4.69, 9.17) is 5.73 Å². The largest absolute Gasteiger partial charge is 0.342 e. The summed E-state index contributed by atoms with van der Waals surface area (Å²) in [5, 5.41) is 0. The van der Waals surface area contributed by atoms with E-state index in [1.54, 1.807) is 0 Å². The molecule has 1 heterocycles. The highest BCUT2D eigenvalue weighted by molar-refractivity contribution is 5.85. The van der Waals surface area contributed by atoms with Gasteiger partial charge in [-0.1, -0.05) is 26.7 Å². The van der Waals surface area contributed by atoms with Gasteiger partial charge in [0.05, 0.1) is 0 Å². The Morgan fingerprint density at radius 2 is 1.84 bits per heavy atom. The van der Waals surface area contributed by atoms with Crippen LogP contribution in [0, 0.1) is 17.8 Å². The van der Waals surface area contributed by atoms with Gasteiger partial charge in [0.25, 0.3) is 0 Å². The molecule has 0 aromatic heterocycles. The lowest BCUT2D eigenvalue weighted by Crippen LogP contribution is -2.44. The summed E-state index contributed by atoms with van der Waals surface area (Å²) in [5.74, 6) is 2.17. The van der Waals surface area contributed by atoms with Gasteiger partial charge < -0.3 is 10.6 Å². The van der Waals surface area contributed by atoms with Crippen molar-refractivity contribution < 1.29 is 4.79 Å². The van der Waals surface area contributed by atoms with Gasteiger partial charge in [-0.25, -0.2) is 0 Å². The molecule has 3 nitrogen and oxygen atoms in total. The van der Waals surface area contributed by atoms with Gasteiger partial charge >= 0.3 is 0 Å². The van der Waals surface area contributed by atoms with E-state index in [1.165, 1.54) is 12.8 Å². The quantitative estimate of drug-likeness (QED) is 0.849. The third kappa shape index (κ3) is 4.35. The number of carbonyl (C=O) groups is 1. The van der Waals surface area contributed by atoms with Crippen molar-refractivity contribution in [2.75, 3.05) is 13.1 Å². The molecule has 0 spiro atoms. The van der Waals surface area contributed by atoms with E-state index >= 15 is 0 Å². The van der Waals surface area contributed by atoms with Crippen LogP contribution in [0.1, 0.15) is 52.4 Å². The summed E-state index contributed by atoms with van der Waals surface area (Å²) in [6.45, 7) is 6.45. The molecule has 2 N–H and O–H groups in total. The standard InChI is InChI=1S/C15H28N2O.ClH/c1-11-7-8-17(10-12(11)2)15(18)9-13-5-3-4-6-14(13)16;/h11-14H,3-10,16H2,1-2H3;1H. The van der Waals surface area contributed by atoms with Gasteiger partial charge in [0, 0.05) is 25.6 Å². The molecular formula is C15H29ClN2O. The van der Waals surface area contributed by atoms with Crippen molar-refractivity contribution in [2.45, 2.75) is 58.4 Å². The van der Waals surface area contributed by atoms with E-state index in [-0.39, 0.29) is 18.4 Å². The van der Waals surface area contributed by atoms with Crippen molar-refractivity contribution in [2.24, 2.45) is 23.5 Å². The van der Waals surface area contributed by atoms with E-state index in [0.717, 1.165) is 38.3 Å².